The highest BCUT2D eigenvalue weighted by atomic mass is 127. The minimum atomic E-state index is -0.272. The molecule has 8 heteroatoms. The fraction of sp³-hybridized carbons (Fsp3) is 0.444. The van der Waals surface area contributed by atoms with Gasteiger partial charge < -0.3 is 15.4 Å². The summed E-state index contributed by atoms with van der Waals surface area (Å²) in [6.07, 6.45) is 4.58. The van der Waals surface area contributed by atoms with Crippen LogP contribution in [-0.2, 0) is 6.54 Å². The van der Waals surface area contributed by atoms with Crippen molar-refractivity contribution < 1.29 is 9.13 Å². The molecule has 1 aromatic heterocycles. The molecule has 0 bridgehead atoms. The highest BCUT2D eigenvalue weighted by Gasteiger charge is 2.05. The molecule has 0 fully saturated rings. The maximum atomic E-state index is 12.9. The van der Waals surface area contributed by atoms with Crippen LogP contribution in [0.1, 0.15) is 20.3 Å². The molecule has 144 valence electrons. The first-order chi connectivity index (χ1) is 12.2. The zero-order valence-corrected chi connectivity index (χ0v) is 17.5. The summed E-state index contributed by atoms with van der Waals surface area (Å²) in [6, 6.07) is 7.93. The molecule has 0 aliphatic rings. The predicted molar refractivity (Wildman–Crippen MR) is 113 cm³/mol. The Morgan fingerprint density at radius 1 is 1.31 bits per heavy atom. The smallest absolute Gasteiger partial charge is 0.191 e. The summed E-state index contributed by atoms with van der Waals surface area (Å²) in [4.78, 5) is 4.53. The van der Waals surface area contributed by atoms with Crippen LogP contribution in [0.5, 0.6) is 5.75 Å². The first kappa shape index (κ1) is 22.2. The summed E-state index contributed by atoms with van der Waals surface area (Å²) in [5.74, 6) is 1.13. The van der Waals surface area contributed by atoms with Crippen molar-refractivity contribution in [2.24, 2.45) is 4.99 Å². The van der Waals surface area contributed by atoms with Crippen LogP contribution < -0.4 is 15.4 Å². The molecule has 1 atom stereocenters. The van der Waals surface area contributed by atoms with Crippen LogP contribution >= 0.6 is 24.0 Å². The van der Waals surface area contributed by atoms with Crippen molar-refractivity contribution in [2.75, 3.05) is 19.6 Å². The number of nitrogens with zero attached hydrogens (tertiary/aromatic N) is 3. The Morgan fingerprint density at radius 3 is 2.73 bits per heavy atom. The van der Waals surface area contributed by atoms with E-state index in [1.807, 2.05) is 30.8 Å². The molecule has 0 saturated heterocycles. The molecule has 6 nitrogen and oxygen atoms in total. The van der Waals surface area contributed by atoms with Gasteiger partial charge in [0.25, 0.3) is 0 Å². The molecule has 0 aliphatic heterocycles. The molecule has 2 N–H and O–H groups in total. The van der Waals surface area contributed by atoms with Gasteiger partial charge in [-0.15, -0.1) is 24.0 Å². The molecular formula is C18H27FIN5O. The van der Waals surface area contributed by atoms with Crippen LogP contribution in [0.4, 0.5) is 4.39 Å². The van der Waals surface area contributed by atoms with E-state index < -0.39 is 0 Å². The van der Waals surface area contributed by atoms with Gasteiger partial charge in [-0.3, -0.25) is 4.68 Å². The third kappa shape index (κ3) is 8.50. The Bertz CT molecular complexity index is 634. The Balaban J connectivity index is 0.00000338. The van der Waals surface area contributed by atoms with Gasteiger partial charge in [0, 0.05) is 32.0 Å². The van der Waals surface area contributed by atoms with Crippen LogP contribution in [0.3, 0.4) is 0 Å². The Labute approximate surface area is 171 Å². The van der Waals surface area contributed by atoms with Gasteiger partial charge in [-0.2, -0.15) is 5.10 Å². The molecule has 1 unspecified atom stereocenters. The van der Waals surface area contributed by atoms with Crippen LogP contribution in [0.25, 0.3) is 0 Å². The topological polar surface area (TPSA) is 63.5 Å². The van der Waals surface area contributed by atoms with Gasteiger partial charge in [0.05, 0.1) is 6.54 Å². The molecule has 2 aromatic rings. The van der Waals surface area contributed by atoms with Crippen molar-refractivity contribution in [3.8, 4) is 5.75 Å². The second-order valence-electron chi connectivity index (χ2n) is 5.65. The number of aromatic nitrogens is 2. The standard InChI is InChI=1S/C18H26FN5O.HI/c1-3-20-18(21-10-4-12-24-13-5-11-23-24)22-14-15(2)25-17-8-6-16(19)7-9-17;/h5-9,11,13,15H,3-4,10,12,14H2,1-2H3,(H2,20,21,22);1H. The molecule has 0 saturated carbocycles. The van der Waals surface area contributed by atoms with Gasteiger partial charge in [0.15, 0.2) is 5.96 Å². The summed E-state index contributed by atoms with van der Waals surface area (Å²) in [7, 11) is 0. The second kappa shape index (κ2) is 12.5. The quantitative estimate of drug-likeness (QED) is 0.253. The van der Waals surface area contributed by atoms with Crippen molar-refractivity contribution in [3.05, 3.63) is 48.5 Å². The van der Waals surface area contributed by atoms with E-state index in [9.17, 15) is 4.39 Å². The molecule has 0 radical (unpaired) electrons. The SMILES string of the molecule is CCNC(=NCC(C)Oc1ccc(F)cc1)NCCCn1cccn1.I. The molecule has 0 amide bonds. The minimum absolute atomic E-state index is 0. The number of hydrogen-bond acceptors (Lipinski definition) is 3. The predicted octanol–water partition coefficient (Wildman–Crippen LogP) is 3.05. The number of ether oxygens (including phenoxy) is 1. The maximum Gasteiger partial charge on any atom is 0.191 e. The molecule has 1 aromatic carbocycles. The summed E-state index contributed by atoms with van der Waals surface area (Å²) < 4.78 is 20.5. The first-order valence-corrected chi connectivity index (χ1v) is 8.59. The van der Waals surface area contributed by atoms with E-state index in [1.165, 1.54) is 12.1 Å². The summed E-state index contributed by atoms with van der Waals surface area (Å²) >= 11 is 0. The fourth-order valence-electron chi connectivity index (χ4n) is 2.22. The van der Waals surface area contributed by atoms with E-state index in [0.717, 1.165) is 32.0 Å². The number of guanidine groups is 1. The van der Waals surface area contributed by atoms with Gasteiger partial charge in [0.1, 0.15) is 17.7 Å². The van der Waals surface area contributed by atoms with Gasteiger partial charge in [-0.05, 0) is 50.6 Å². The van der Waals surface area contributed by atoms with Crippen molar-refractivity contribution >= 4 is 29.9 Å². The zero-order valence-electron chi connectivity index (χ0n) is 15.2. The van der Waals surface area contributed by atoms with E-state index in [1.54, 1.807) is 18.3 Å². The number of halogens is 2. The summed E-state index contributed by atoms with van der Waals surface area (Å²) in [5, 5.41) is 10.7. The van der Waals surface area contributed by atoms with Gasteiger partial charge in [-0.25, -0.2) is 9.38 Å². The summed E-state index contributed by atoms with van der Waals surface area (Å²) in [6.45, 7) is 6.93. The second-order valence-corrected chi connectivity index (χ2v) is 5.65. The van der Waals surface area contributed by atoms with Crippen molar-refractivity contribution in [3.63, 3.8) is 0 Å². The highest BCUT2D eigenvalue weighted by molar-refractivity contribution is 14.0. The lowest BCUT2D eigenvalue weighted by Gasteiger charge is -2.15. The number of nitrogens with one attached hydrogen (secondary N) is 2. The van der Waals surface area contributed by atoms with Crippen LogP contribution in [0.2, 0.25) is 0 Å². The number of hydrogen-bond donors (Lipinski definition) is 2. The van der Waals surface area contributed by atoms with E-state index in [-0.39, 0.29) is 35.9 Å². The Hall–Kier alpha value is -1.84. The normalized spacial score (nSPS) is 12.2. The third-order valence-corrected chi connectivity index (χ3v) is 3.42. The molecule has 1 heterocycles. The minimum Gasteiger partial charge on any atom is -0.489 e. The van der Waals surface area contributed by atoms with Gasteiger partial charge in [0.2, 0.25) is 0 Å². The maximum absolute atomic E-state index is 12.9. The number of aryl methyl sites for hydroxylation is 1. The van der Waals surface area contributed by atoms with Gasteiger partial charge >= 0.3 is 0 Å². The first-order valence-electron chi connectivity index (χ1n) is 8.59. The summed E-state index contributed by atoms with van der Waals surface area (Å²) in [5.41, 5.74) is 0. The highest BCUT2D eigenvalue weighted by Crippen LogP contribution is 2.12. The average Bonchev–Trinajstić information content (AvgIpc) is 3.12. The monoisotopic (exact) mass is 475 g/mol. The van der Waals surface area contributed by atoms with Crippen LogP contribution in [0.15, 0.2) is 47.7 Å². The molecular weight excluding hydrogens is 448 g/mol. The lowest BCUT2D eigenvalue weighted by molar-refractivity contribution is 0.230. The molecule has 2 rings (SSSR count). The molecule has 26 heavy (non-hydrogen) atoms. The third-order valence-electron chi connectivity index (χ3n) is 3.42. The lowest BCUT2D eigenvalue weighted by Crippen LogP contribution is -2.38. The van der Waals surface area contributed by atoms with E-state index in [4.69, 9.17) is 4.74 Å². The van der Waals surface area contributed by atoms with Crippen molar-refractivity contribution in [2.45, 2.75) is 32.9 Å². The van der Waals surface area contributed by atoms with E-state index in [0.29, 0.717) is 12.3 Å². The fourth-order valence-corrected chi connectivity index (χ4v) is 2.22. The molecule has 0 aliphatic carbocycles. The van der Waals surface area contributed by atoms with Crippen molar-refractivity contribution in [1.29, 1.82) is 0 Å². The van der Waals surface area contributed by atoms with Crippen LogP contribution in [-0.4, -0.2) is 41.5 Å². The van der Waals surface area contributed by atoms with Crippen LogP contribution in [0, 0.1) is 5.82 Å². The van der Waals surface area contributed by atoms with Crippen molar-refractivity contribution in [1.82, 2.24) is 20.4 Å². The van der Waals surface area contributed by atoms with Gasteiger partial charge in [-0.1, -0.05) is 0 Å². The van der Waals surface area contributed by atoms with E-state index >= 15 is 0 Å². The Morgan fingerprint density at radius 2 is 2.08 bits per heavy atom. The average molecular weight is 475 g/mol. The number of aliphatic imine (C=N–C) groups is 1. The number of rotatable bonds is 9. The van der Waals surface area contributed by atoms with E-state index in [2.05, 4.69) is 20.7 Å². The lowest BCUT2D eigenvalue weighted by atomic mass is 10.3. The molecule has 0 spiro atoms. The Kier molecular flexibility index (Phi) is 10.7. The number of benzene rings is 1. The zero-order chi connectivity index (χ0) is 17.9. The largest absolute Gasteiger partial charge is 0.489 e.